The first kappa shape index (κ1) is 17.2. The Morgan fingerprint density at radius 3 is 2.04 bits per heavy atom. The van der Waals surface area contributed by atoms with Crippen molar-refractivity contribution in [1.29, 1.82) is 0 Å². The fourth-order valence-electron chi connectivity index (χ4n) is 2.97. The summed E-state index contributed by atoms with van der Waals surface area (Å²) < 4.78 is 0. The summed E-state index contributed by atoms with van der Waals surface area (Å²) in [4.78, 5) is 0. The van der Waals surface area contributed by atoms with Crippen LogP contribution in [-0.4, -0.2) is 10.2 Å². The highest BCUT2D eigenvalue weighted by Crippen LogP contribution is 2.38. The molecule has 2 nitrogen and oxygen atoms in total. The number of fused-ring (bicyclic) bond motifs is 1. The number of hydrogen-bond acceptors (Lipinski definition) is 2. The molecule has 0 saturated carbocycles. The van der Waals surface area contributed by atoms with Crippen LogP contribution in [0.25, 0.3) is 34.1 Å². The highest BCUT2D eigenvalue weighted by Gasteiger charge is 2.14. The van der Waals surface area contributed by atoms with Crippen LogP contribution >= 0.6 is 0 Å². The Bertz CT molecular complexity index is 1010. The molecule has 2 N–H and O–H groups in total. The molecule has 0 heterocycles. The lowest BCUT2D eigenvalue weighted by Gasteiger charge is -2.12. The lowest BCUT2D eigenvalue weighted by Crippen LogP contribution is -2.26. The molecule has 0 saturated heterocycles. The molecular formula is C22H20O2. The van der Waals surface area contributed by atoms with Crippen LogP contribution < -0.4 is 10.4 Å². The maximum atomic E-state index is 10.4. The van der Waals surface area contributed by atoms with E-state index in [9.17, 15) is 10.2 Å². The van der Waals surface area contributed by atoms with Gasteiger partial charge < -0.3 is 10.2 Å². The maximum Gasteiger partial charge on any atom is 0.124 e. The Labute approximate surface area is 142 Å². The average molecular weight is 316 g/mol. The maximum absolute atomic E-state index is 10.4. The Balaban J connectivity index is 0.00000100. The van der Waals surface area contributed by atoms with Crippen LogP contribution in [0, 0.1) is 12.8 Å². The molecule has 2 heteroatoms. The van der Waals surface area contributed by atoms with Gasteiger partial charge in [0.25, 0.3) is 0 Å². The van der Waals surface area contributed by atoms with Gasteiger partial charge in [-0.1, -0.05) is 48.6 Å². The molecule has 24 heavy (non-hydrogen) atoms. The van der Waals surface area contributed by atoms with E-state index in [0.717, 1.165) is 21.2 Å². The zero-order valence-corrected chi connectivity index (χ0v) is 13.8. The minimum atomic E-state index is 0.172. The van der Waals surface area contributed by atoms with E-state index in [1.165, 1.54) is 0 Å². The Kier molecular flexibility index (Phi) is 5.29. The molecule has 0 atom stereocenters. The van der Waals surface area contributed by atoms with E-state index >= 15 is 0 Å². The molecule has 0 amide bonds. The third-order valence-corrected chi connectivity index (χ3v) is 4.01. The van der Waals surface area contributed by atoms with Crippen molar-refractivity contribution in [3.63, 3.8) is 0 Å². The van der Waals surface area contributed by atoms with E-state index in [4.69, 9.17) is 0 Å². The highest BCUT2D eigenvalue weighted by atomic mass is 16.3. The van der Waals surface area contributed by atoms with E-state index in [-0.39, 0.29) is 11.5 Å². The summed E-state index contributed by atoms with van der Waals surface area (Å²) in [6.07, 6.45) is 12.0. The minimum Gasteiger partial charge on any atom is -0.507 e. The number of hydrogen-bond donors (Lipinski definition) is 2. The normalized spacial score (nSPS) is 12.0. The zero-order chi connectivity index (χ0) is 17.7. The van der Waals surface area contributed by atoms with Crippen LogP contribution in [0.1, 0.15) is 13.8 Å². The summed E-state index contributed by atoms with van der Waals surface area (Å²) in [7, 11) is 0. The second-order valence-corrected chi connectivity index (χ2v) is 5.22. The predicted octanol–water partition coefficient (Wildman–Crippen LogP) is 3.77. The van der Waals surface area contributed by atoms with Gasteiger partial charge in [-0.25, -0.2) is 0 Å². The summed E-state index contributed by atoms with van der Waals surface area (Å²) in [5, 5.41) is 24.8. The van der Waals surface area contributed by atoms with E-state index in [0.29, 0.717) is 11.1 Å². The third-order valence-electron chi connectivity index (χ3n) is 4.01. The van der Waals surface area contributed by atoms with Gasteiger partial charge in [0.1, 0.15) is 11.5 Å². The van der Waals surface area contributed by atoms with E-state index in [1.807, 2.05) is 62.4 Å². The molecule has 0 aliphatic carbocycles. The number of phenols is 2. The Morgan fingerprint density at radius 2 is 1.38 bits per heavy atom. The average Bonchev–Trinajstić information content (AvgIpc) is 2.63. The van der Waals surface area contributed by atoms with Crippen molar-refractivity contribution in [2.45, 2.75) is 13.8 Å². The fraction of sp³-hybridized carbons (Fsp3) is 0.0909. The molecule has 3 rings (SSSR count). The molecular weight excluding hydrogens is 296 g/mol. The van der Waals surface area contributed by atoms with Crippen LogP contribution in [0.3, 0.4) is 0 Å². The van der Waals surface area contributed by atoms with Crippen LogP contribution in [0.4, 0.5) is 0 Å². The fourth-order valence-corrected chi connectivity index (χ4v) is 2.97. The molecule has 3 aromatic carbocycles. The van der Waals surface area contributed by atoms with Gasteiger partial charge in [-0.15, -0.1) is 12.8 Å². The SMILES string of the molecule is C#C.C/C=c1/ccc(O)c(-c2c(O)ccc3ccccc23)/c1=C/C. The molecule has 0 spiro atoms. The molecule has 0 unspecified atom stereocenters. The third kappa shape index (κ3) is 2.85. The van der Waals surface area contributed by atoms with Crippen molar-refractivity contribution in [2.24, 2.45) is 0 Å². The van der Waals surface area contributed by atoms with Gasteiger partial charge in [0.2, 0.25) is 0 Å². The van der Waals surface area contributed by atoms with Gasteiger partial charge in [0.15, 0.2) is 0 Å². The zero-order valence-electron chi connectivity index (χ0n) is 13.8. The lowest BCUT2D eigenvalue weighted by atomic mass is 9.94. The second kappa shape index (κ2) is 7.39. The Morgan fingerprint density at radius 1 is 0.750 bits per heavy atom. The van der Waals surface area contributed by atoms with Gasteiger partial charge >= 0.3 is 0 Å². The molecule has 3 aromatic rings. The summed E-state index contributed by atoms with van der Waals surface area (Å²) in [6, 6.07) is 15.0. The first-order valence-corrected chi connectivity index (χ1v) is 7.66. The van der Waals surface area contributed by atoms with Crippen molar-refractivity contribution in [3.05, 3.63) is 59.0 Å². The minimum absolute atomic E-state index is 0.172. The molecule has 0 aliphatic heterocycles. The molecule has 0 bridgehead atoms. The standard InChI is InChI=1S/C20H18O2.C2H2/c1-3-13-9-11-17(21)19(15(13)4-2)20-16-8-6-5-7-14(16)10-12-18(20)22;1-2/h3-12,21-22H,1-2H3;1-2H/b13-3-,15-4+;. The van der Waals surface area contributed by atoms with E-state index < -0.39 is 0 Å². The number of phenolic OH excluding ortho intramolecular Hbond substituents is 2. The summed E-state index contributed by atoms with van der Waals surface area (Å²) in [5.74, 6) is 0.343. The van der Waals surface area contributed by atoms with E-state index in [1.54, 1.807) is 12.1 Å². The summed E-state index contributed by atoms with van der Waals surface area (Å²) >= 11 is 0. The largest absolute Gasteiger partial charge is 0.507 e. The van der Waals surface area contributed by atoms with Crippen molar-refractivity contribution in [3.8, 4) is 35.5 Å². The molecule has 0 aliphatic rings. The summed E-state index contributed by atoms with van der Waals surface area (Å²) in [6.45, 7) is 3.90. The lowest BCUT2D eigenvalue weighted by molar-refractivity contribution is 0.469. The highest BCUT2D eigenvalue weighted by molar-refractivity contribution is 6.01. The van der Waals surface area contributed by atoms with Crippen molar-refractivity contribution in [1.82, 2.24) is 0 Å². The molecule has 0 radical (unpaired) electrons. The van der Waals surface area contributed by atoms with Gasteiger partial charge in [-0.3, -0.25) is 0 Å². The van der Waals surface area contributed by atoms with Crippen LogP contribution in [-0.2, 0) is 0 Å². The first-order valence-electron chi connectivity index (χ1n) is 7.66. The van der Waals surface area contributed by atoms with Gasteiger partial charge in [-0.2, -0.15) is 0 Å². The quantitative estimate of drug-likeness (QED) is 0.671. The summed E-state index contributed by atoms with van der Waals surface area (Å²) in [5.41, 5.74) is 1.35. The first-order chi connectivity index (χ1) is 11.7. The van der Waals surface area contributed by atoms with Crippen molar-refractivity contribution >= 4 is 22.9 Å². The van der Waals surface area contributed by atoms with E-state index in [2.05, 4.69) is 12.8 Å². The number of rotatable bonds is 1. The van der Waals surface area contributed by atoms with Crippen LogP contribution in [0.15, 0.2) is 48.5 Å². The van der Waals surface area contributed by atoms with Crippen molar-refractivity contribution < 1.29 is 10.2 Å². The van der Waals surface area contributed by atoms with Gasteiger partial charge in [-0.05, 0) is 47.2 Å². The number of benzene rings is 3. The monoisotopic (exact) mass is 316 g/mol. The molecule has 0 aromatic heterocycles. The van der Waals surface area contributed by atoms with Crippen LogP contribution in [0.2, 0.25) is 0 Å². The number of terminal acetylenes is 1. The number of aromatic hydroxyl groups is 2. The Hall–Kier alpha value is -3.18. The van der Waals surface area contributed by atoms with Gasteiger partial charge in [0, 0.05) is 11.1 Å². The smallest absolute Gasteiger partial charge is 0.124 e. The van der Waals surface area contributed by atoms with Crippen molar-refractivity contribution in [2.75, 3.05) is 0 Å². The molecule has 120 valence electrons. The van der Waals surface area contributed by atoms with Gasteiger partial charge in [0.05, 0.1) is 0 Å². The second-order valence-electron chi connectivity index (χ2n) is 5.22. The topological polar surface area (TPSA) is 40.5 Å². The predicted molar refractivity (Wildman–Crippen MR) is 102 cm³/mol. The van der Waals surface area contributed by atoms with Crippen LogP contribution in [0.5, 0.6) is 11.5 Å². The molecule has 0 fully saturated rings.